The van der Waals surface area contributed by atoms with Crippen LogP contribution >= 0.6 is 0 Å². The first-order valence-electron chi connectivity index (χ1n) is 7.71. The number of anilines is 2. The molecule has 1 amide bonds. The lowest BCUT2D eigenvalue weighted by Crippen LogP contribution is -2.12. The minimum Gasteiger partial charge on any atom is -0.352 e. The van der Waals surface area contributed by atoms with Crippen molar-refractivity contribution in [3.05, 3.63) is 66.2 Å². The monoisotopic (exact) mass is 333 g/mol. The molecule has 8 heteroatoms. The fourth-order valence-corrected chi connectivity index (χ4v) is 2.48. The molecule has 4 aromatic rings. The van der Waals surface area contributed by atoms with Gasteiger partial charge in [0, 0.05) is 30.7 Å². The highest BCUT2D eigenvalue weighted by molar-refractivity contribution is 6.08. The van der Waals surface area contributed by atoms with Crippen LogP contribution in [0.25, 0.3) is 11.0 Å². The Balaban J connectivity index is 1.44. The number of amides is 1. The molecule has 0 fully saturated rings. The van der Waals surface area contributed by atoms with E-state index in [4.69, 9.17) is 0 Å². The van der Waals surface area contributed by atoms with E-state index in [2.05, 4.69) is 35.8 Å². The molecule has 4 N–H and O–H groups in total. The second kappa shape index (κ2) is 6.44. The molecule has 0 saturated carbocycles. The molecule has 1 aromatic carbocycles. The lowest BCUT2D eigenvalue weighted by atomic mass is 10.1. The zero-order valence-electron chi connectivity index (χ0n) is 13.2. The van der Waals surface area contributed by atoms with Gasteiger partial charge in [0.05, 0.1) is 17.3 Å². The van der Waals surface area contributed by atoms with Crippen molar-refractivity contribution in [2.45, 2.75) is 6.54 Å². The second-order valence-electron chi connectivity index (χ2n) is 5.43. The number of pyridine rings is 1. The molecule has 3 heterocycles. The maximum absolute atomic E-state index is 12.4. The molecule has 3 aromatic heterocycles. The SMILES string of the molecule is O=C(Nc1ccnc2[nH]ncc12)c1ccc(CNc2ncc[nH]2)cc1. The van der Waals surface area contributed by atoms with Crippen LogP contribution in [0.15, 0.2) is 55.1 Å². The minimum atomic E-state index is -0.181. The zero-order chi connectivity index (χ0) is 17.1. The third kappa shape index (κ3) is 3.18. The van der Waals surface area contributed by atoms with E-state index in [1.807, 2.05) is 12.1 Å². The first-order chi connectivity index (χ1) is 12.3. The Bertz CT molecular complexity index is 989. The number of fused-ring (bicyclic) bond motifs is 1. The van der Waals surface area contributed by atoms with Crippen molar-refractivity contribution in [2.75, 3.05) is 10.6 Å². The van der Waals surface area contributed by atoms with E-state index in [-0.39, 0.29) is 5.91 Å². The van der Waals surface area contributed by atoms with Crippen molar-refractivity contribution in [3.63, 3.8) is 0 Å². The molecule has 0 spiro atoms. The summed E-state index contributed by atoms with van der Waals surface area (Å²) in [7, 11) is 0. The van der Waals surface area contributed by atoms with Crippen molar-refractivity contribution < 1.29 is 4.79 Å². The topological polar surface area (TPSA) is 111 Å². The summed E-state index contributed by atoms with van der Waals surface area (Å²) in [5.41, 5.74) is 2.94. The summed E-state index contributed by atoms with van der Waals surface area (Å²) in [5.74, 6) is 0.530. The molecule has 8 nitrogen and oxygen atoms in total. The molecule has 0 aliphatic heterocycles. The Morgan fingerprint density at radius 1 is 1.08 bits per heavy atom. The van der Waals surface area contributed by atoms with E-state index in [1.165, 1.54) is 0 Å². The van der Waals surface area contributed by atoms with E-state index in [9.17, 15) is 4.79 Å². The van der Waals surface area contributed by atoms with Crippen molar-refractivity contribution >= 4 is 28.6 Å². The van der Waals surface area contributed by atoms with Gasteiger partial charge >= 0.3 is 0 Å². The number of nitrogens with one attached hydrogen (secondary N) is 4. The third-order valence-corrected chi connectivity index (χ3v) is 3.78. The molecule has 0 radical (unpaired) electrons. The van der Waals surface area contributed by atoms with E-state index in [0.29, 0.717) is 29.4 Å². The Morgan fingerprint density at radius 2 is 1.96 bits per heavy atom. The number of H-pyrrole nitrogens is 2. The molecule has 4 rings (SSSR count). The number of hydrogen-bond acceptors (Lipinski definition) is 5. The highest BCUT2D eigenvalue weighted by atomic mass is 16.1. The van der Waals surface area contributed by atoms with Crippen LogP contribution in [0.5, 0.6) is 0 Å². The summed E-state index contributed by atoms with van der Waals surface area (Å²) in [6.07, 6.45) is 6.71. The molecule has 124 valence electrons. The molecule has 25 heavy (non-hydrogen) atoms. The van der Waals surface area contributed by atoms with Gasteiger partial charge in [0.1, 0.15) is 0 Å². The summed E-state index contributed by atoms with van der Waals surface area (Å²) in [6.45, 7) is 0.620. The number of rotatable bonds is 5. The van der Waals surface area contributed by atoms with Crippen LogP contribution in [0.1, 0.15) is 15.9 Å². The molecule has 0 bridgehead atoms. The van der Waals surface area contributed by atoms with Crippen LogP contribution in [0, 0.1) is 0 Å². The molecule has 0 aliphatic carbocycles. The fraction of sp³-hybridized carbons (Fsp3) is 0.0588. The van der Waals surface area contributed by atoms with Crippen molar-refractivity contribution in [2.24, 2.45) is 0 Å². The predicted octanol–water partition coefficient (Wildman–Crippen LogP) is 2.55. The quantitative estimate of drug-likeness (QED) is 0.448. The van der Waals surface area contributed by atoms with Crippen molar-refractivity contribution in [1.82, 2.24) is 25.1 Å². The molecule has 0 aliphatic rings. The van der Waals surface area contributed by atoms with Gasteiger partial charge in [0.25, 0.3) is 5.91 Å². The van der Waals surface area contributed by atoms with E-state index in [0.717, 1.165) is 10.9 Å². The maximum Gasteiger partial charge on any atom is 0.255 e. The summed E-state index contributed by atoms with van der Waals surface area (Å²) in [5, 5.41) is 13.5. The van der Waals surface area contributed by atoms with Gasteiger partial charge in [0.15, 0.2) is 11.6 Å². The van der Waals surface area contributed by atoms with Gasteiger partial charge in [-0.15, -0.1) is 0 Å². The number of nitrogens with zero attached hydrogens (tertiary/aromatic N) is 3. The van der Waals surface area contributed by atoms with E-state index < -0.39 is 0 Å². The van der Waals surface area contributed by atoms with E-state index in [1.54, 1.807) is 43.0 Å². The summed E-state index contributed by atoms with van der Waals surface area (Å²) < 4.78 is 0. The number of aromatic nitrogens is 5. The zero-order valence-corrected chi connectivity index (χ0v) is 13.2. The number of aromatic amines is 2. The van der Waals surface area contributed by atoms with Crippen molar-refractivity contribution in [3.8, 4) is 0 Å². The normalized spacial score (nSPS) is 10.7. The summed E-state index contributed by atoms with van der Waals surface area (Å²) in [4.78, 5) is 23.7. The van der Waals surface area contributed by atoms with Gasteiger partial charge in [-0.05, 0) is 23.8 Å². The number of carbonyl (C=O) groups excluding carboxylic acids is 1. The predicted molar refractivity (Wildman–Crippen MR) is 94.2 cm³/mol. The minimum absolute atomic E-state index is 0.181. The number of imidazole rings is 1. The third-order valence-electron chi connectivity index (χ3n) is 3.78. The van der Waals surface area contributed by atoms with Gasteiger partial charge in [-0.1, -0.05) is 12.1 Å². The highest BCUT2D eigenvalue weighted by Crippen LogP contribution is 2.20. The fourth-order valence-electron chi connectivity index (χ4n) is 2.48. The lowest BCUT2D eigenvalue weighted by molar-refractivity contribution is 0.102. The Kier molecular flexibility index (Phi) is 3.83. The highest BCUT2D eigenvalue weighted by Gasteiger charge is 2.10. The Labute approximate surface area is 142 Å². The van der Waals surface area contributed by atoms with Gasteiger partial charge in [-0.3, -0.25) is 9.89 Å². The van der Waals surface area contributed by atoms with E-state index >= 15 is 0 Å². The molecule has 0 unspecified atom stereocenters. The number of carbonyl (C=O) groups is 1. The Hall–Kier alpha value is -3.68. The van der Waals surface area contributed by atoms with Crippen LogP contribution in [0.4, 0.5) is 11.6 Å². The Morgan fingerprint density at radius 3 is 2.76 bits per heavy atom. The van der Waals surface area contributed by atoms with Gasteiger partial charge < -0.3 is 15.6 Å². The molecule has 0 saturated heterocycles. The standard InChI is InChI=1S/C17H15N7O/c25-16(23-14-5-6-18-15-13(14)10-22-24-15)12-3-1-11(2-4-12)9-21-17-19-7-8-20-17/h1-8,10H,9H2,(H2,19,20,21)(H2,18,22,23,24,25). The molecular weight excluding hydrogens is 318 g/mol. The van der Waals surface area contributed by atoms with Crippen LogP contribution in [0.2, 0.25) is 0 Å². The maximum atomic E-state index is 12.4. The summed E-state index contributed by atoms with van der Waals surface area (Å²) >= 11 is 0. The second-order valence-corrected chi connectivity index (χ2v) is 5.43. The smallest absolute Gasteiger partial charge is 0.255 e. The van der Waals surface area contributed by atoms with Gasteiger partial charge in [-0.25, -0.2) is 9.97 Å². The van der Waals surface area contributed by atoms with Gasteiger partial charge in [-0.2, -0.15) is 5.10 Å². The first kappa shape index (κ1) is 14.9. The average molecular weight is 333 g/mol. The van der Waals surface area contributed by atoms with Crippen LogP contribution in [0.3, 0.4) is 0 Å². The average Bonchev–Trinajstić information content (AvgIpc) is 3.32. The number of benzene rings is 1. The molecular formula is C17H15N7O. The van der Waals surface area contributed by atoms with Crippen LogP contribution in [-0.4, -0.2) is 31.1 Å². The number of hydrogen-bond donors (Lipinski definition) is 4. The van der Waals surface area contributed by atoms with Gasteiger partial charge in [0.2, 0.25) is 0 Å². The van der Waals surface area contributed by atoms with Crippen LogP contribution in [-0.2, 0) is 6.54 Å². The first-order valence-corrected chi connectivity index (χ1v) is 7.71. The van der Waals surface area contributed by atoms with Crippen LogP contribution < -0.4 is 10.6 Å². The largest absolute Gasteiger partial charge is 0.352 e. The summed E-state index contributed by atoms with van der Waals surface area (Å²) in [6, 6.07) is 9.15. The van der Waals surface area contributed by atoms with Crippen molar-refractivity contribution in [1.29, 1.82) is 0 Å². The molecule has 0 atom stereocenters. The lowest BCUT2D eigenvalue weighted by Gasteiger charge is -2.07.